The molecule has 86 valence electrons. The molecule has 0 aliphatic heterocycles. The standard InChI is InChI=1S/C11H14N2OS2/c1-6(5-7(2)11(12)14)9-10(16)8(15)3-4-13-9/h3-4,6,16H,2,5H2,1H3,(H2,12,14)(H,13,15). The monoisotopic (exact) mass is 254 g/mol. The van der Waals surface area contributed by atoms with Crippen LogP contribution in [-0.4, -0.2) is 10.9 Å². The predicted octanol–water partition coefficient (Wildman–Crippen LogP) is 2.57. The van der Waals surface area contributed by atoms with Crippen LogP contribution in [0.1, 0.15) is 25.0 Å². The lowest BCUT2D eigenvalue weighted by Gasteiger charge is -2.14. The largest absolute Gasteiger partial charge is 0.366 e. The number of primary amides is 1. The molecule has 0 fully saturated rings. The highest BCUT2D eigenvalue weighted by Gasteiger charge is 2.13. The zero-order chi connectivity index (χ0) is 12.3. The number of nitrogens with one attached hydrogen (secondary N) is 1. The van der Waals surface area contributed by atoms with Gasteiger partial charge < -0.3 is 10.7 Å². The maximum atomic E-state index is 10.9. The van der Waals surface area contributed by atoms with Gasteiger partial charge in [0.05, 0.1) is 4.51 Å². The molecule has 1 heterocycles. The lowest BCUT2D eigenvalue weighted by Crippen LogP contribution is -2.15. The number of carbonyl (C=O) groups excluding carboxylic acids is 1. The van der Waals surface area contributed by atoms with Gasteiger partial charge in [0.1, 0.15) is 0 Å². The summed E-state index contributed by atoms with van der Waals surface area (Å²) in [6, 6.07) is 1.77. The van der Waals surface area contributed by atoms with Gasteiger partial charge in [-0.05, 0) is 12.5 Å². The Hall–Kier alpha value is -1.07. The molecule has 16 heavy (non-hydrogen) atoms. The van der Waals surface area contributed by atoms with Crippen LogP contribution in [-0.2, 0) is 4.79 Å². The lowest BCUT2D eigenvalue weighted by atomic mass is 9.98. The van der Waals surface area contributed by atoms with E-state index in [-0.39, 0.29) is 5.92 Å². The highest BCUT2D eigenvalue weighted by Crippen LogP contribution is 2.26. The van der Waals surface area contributed by atoms with Crippen LogP contribution in [0.25, 0.3) is 0 Å². The van der Waals surface area contributed by atoms with Gasteiger partial charge in [-0.25, -0.2) is 0 Å². The summed E-state index contributed by atoms with van der Waals surface area (Å²) in [4.78, 5) is 14.7. The van der Waals surface area contributed by atoms with Crippen molar-refractivity contribution in [2.45, 2.75) is 24.2 Å². The van der Waals surface area contributed by atoms with E-state index < -0.39 is 5.91 Å². The molecule has 0 saturated carbocycles. The normalized spacial score (nSPS) is 12.1. The van der Waals surface area contributed by atoms with E-state index in [1.165, 1.54) is 0 Å². The van der Waals surface area contributed by atoms with E-state index in [0.717, 1.165) is 10.6 Å². The number of nitrogens with two attached hydrogens (primary N) is 1. The smallest absolute Gasteiger partial charge is 0.244 e. The Bertz CT molecular complexity index is 479. The first kappa shape index (κ1) is 13.0. The van der Waals surface area contributed by atoms with Crippen molar-refractivity contribution in [2.24, 2.45) is 5.73 Å². The minimum atomic E-state index is -0.470. The Labute approximate surface area is 105 Å². The van der Waals surface area contributed by atoms with Gasteiger partial charge >= 0.3 is 0 Å². The Morgan fingerprint density at radius 1 is 1.75 bits per heavy atom. The number of rotatable bonds is 4. The summed E-state index contributed by atoms with van der Waals surface area (Å²) < 4.78 is 0.689. The Kier molecular flexibility index (Phi) is 4.32. The van der Waals surface area contributed by atoms with E-state index >= 15 is 0 Å². The van der Waals surface area contributed by atoms with E-state index in [4.69, 9.17) is 18.0 Å². The zero-order valence-corrected chi connectivity index (χ0v) is 10.7. The van der Waals surface area contributed by atoms with E-state index in [0.29, 0.717) is 16.5 Å². The summed E-state index contributed by atoms with van der Waals surface area (Å²) in [5, 5.41) is 0. The van der Waals surface area contributed by atoms with E-state index in [1.54, 1.807) is 12.3 Å². The van der Waals surface area contributed by atoms with Gasteiger partial charge in [0, 0.05) is 28.3 Å². The number of carbonyl (C=O) groups is 1. The molecule has 0 aliphatic carbocycles. The van der Waals surface area contributed by atoms with Gasteiger partial charge in [0.25, 0.3) is 0 Å². The maximum absolute atomic E-state index is 10.9. The fourth-order valence-electron chi connectivity index (χ4n) is 1.44. The average molecular weight is 254 g/mol. The number of hydrogen-bond donors (Lipinski definition) is 3. The molecule has 0 radical (unpaired) electrons. The third-order valence-electron chi connectivity index (χ3n) is 2.36. The second kappa shape index (κ2) is 5.32. The van der Waals surface area contributed by atoms with Gasteiger partial charge in [-0.2, -0.15) is 0 Å². The SMILES string of the molecule is C=C(CC(C)c1[nH]ccc(=S)c1S)C(N)=O. The molecule has 5 heteroatoms. The number of thiol groups is 1. The minimum absolute atomic E-state index is 0.0791. The predicted molar refractivity (Wildman–Crippen MR) is 70.2 cm³/mol. The van der Waals surface area contributed by atoms with Crippen molar-refractivity contribution in [1.29, 1.82) is 0 Å². The van der Waals surface area contributed by atoms with Gasteiger partial charge in [-0.15, -0.1) is 12.6 Å². The maximum Gasteiger partial charge on any atom is 0.244 e. The summed E-state index contributed by atoms with van der Waals surface area (Å²) in [7, 11) is 0. The Balaban J connectivity index is 2.93. The van der Waals surface area contributed by atoms with Crippen molar-refractivity contribution in [3.05, 3.63) is 34.6 Å². The summed E-state index contributed by atoms with van der Waals surface area (Å²) in [6.45, 7) is 5.60. The van der Waals surface area contributed by atoms with Crippen molar-refractivity contribution < 1.29 is 4.79 Å². The fraction of sp³-hybridized carbons (Fsp3) is 0.273. The Morgan fingerprint density at radius 2 is 2.38 bits per heavy atom. The molecule has 1 atom stereocenters. The topological polar surface area (TPSA) is 58.9 Å². The number of aromatic nitrogens is 1. The first-order valence-electron chi connectivity index (χ1n) is 4.81. The van der Waals surface area contributed by atoms with Crippen molar-refractivity contribution in [3.8, 4) is 0 Å². The molecule has 1 rings (SSSR count). The molecular weight excluding hydrogens is 240 g/mol. The number of amides is 1. The van der Waals surface area contributed by atoms with E-state index in [2.05, 4.69) is 24.2 Å². The molecule has 0 spiro atoms. The highest BCUT2D eigenvalue weighted by atomic mass is 32.1. The number of aromatic amines is 1. The second-order valence-electron chi connectivity index (χ2n) is 3.68. The van der Waals surface area contributed by atoms with Crippen LogP contribution >= 0.6 is 24.8 Å². The summed E-state index contributed by atoms with van der Waals surface area (Å²) in [5.41, 5.74) is 6.45. The molecule has 1 unspecified atom stereocenters. The molecule has 1 amide bonds. The van der Waals surface area contributed by atoms with Crippen molar-refractivity contribution in [1.82, 2.24) is 4.98 Å². The molecular formula is C11H14N2OS2. The molecule has 0 aliphatic rings. The summed E-state index contributed by atoms with van der Waals surface area (Å²) >= 11 is 9.46. The number of pyridine rings is 1. The minimum Gasteiger partial charge on any atom is -0.366 e. The molecule has 0 bridgehead atoms. The van der Waals surface area contributed by atoms with Crippen molar-refractivity contribution in [2.75, 3.05) is 0 Å². The van der Waals surface area contributed by atoms with E-state index in [9.17, 15) is 4.79 Å². The third-order valence-corrected chi connectivity index (χ3v) is 3.33. The highest BCUT2D eigenvalue weighted by molar-refractivity contribution is 7.81. The number of H-pyrrole nitrogens is 1. The Morgan fingerprint density at radius 3 is 2.94 bits per heavy atom. The van der Waals surface area contributed by atoms with Crippen LogP contribution in [0.4, 0.5) is 0 Å². The van der Waals surface area contributed by atoms with Crippen LogP contribution in [0.3, 0.4) is 0 Å². The first-order chi connectivity index (χ1) is 7.43. The van der Waals surface area contributed by atoms with Crippen LogP contribution < -0.4 is 5.73 Å². The molecule has 0 saturated heterocycles. The zero-order valence-electron chi connectivity index (χ0n) is 8.99. The third kappa shape index (κ3) is 2.96. The molecule has 1 aromatic rings. The summed E-state index contributed by atoms with van der Waals surface area (Å²) in [5.74, 6) is -0.391. The summed E-state index contributed by atoms with van der Waals surface area (Å²) in [6.07, 6.45) is 2.26. The lowest BCUT2D eigenvalue weighted by molar-refractivity contribution is -0.114. The fourth-order valence-corrected chi connectivity index (χ4v) is 1.97. The van der Waals surface area contributed by atoms with Crippen molar-refractivity contribution in [3.63, 3.8) is 0 Å². The molecule has 1 aromatic heterocycles. The van der Waals surface area contributed by atoms with Crippen LogP contribution in [0.15, 0.2) is 29.3 Å². The van der Waals surface area contributed by atoms with Gasteiger partial charge in [-0.3, -0.25) is 4.79 Å². The molecule has 0 aromatic carbocycles. The quantitative estimate of drug-likeness (QED) is 0.439. The van der Waals surface area contributed by atoms with Crippen LogP contribution in [0.5, 0.6) is 0 Å². The first-order valence-corrected chi connectivity index (χ1v) is 5.67. The number of hydrogen-bond acceptors (Lipinski definition) is 3. The van der Waals surface area contributed by atoms with Crippen molar-refractivity contribution >= 4 is 30.8 Å². The second-order valence-corrected chi connectivity index (χ2v) is 4.56. The van der Waals surface area contributed by atoms with Gasteiger partial charge in [0.2, 0.25) is 5.91 Å². The molecule has 3 N–H and O–H groups in total. The van der Waals surface area contributed by atoms with Crippen LogP contribution in [0, 0.1) is 4.51 Å². The van der Waals surface area contributed by atoms with Crippen LogP contribution in [0.2, 0.25) is 0 Å². The van der Waals surface area contributed by atoms with Gasteiger partial charge in [-0.1, -0.05) is 25.7 Å². The van der Waals surface area contributed by atoms with E-state index in [1.807, 2.05) is 6.92 Å². The average Bonchev–Trinajstić information content (AvgIpc) is 2.21. The molecule has 3 nitrogen and oxygen atoms in total. The van der Waals surface area contributed by atoms with Gasteiger partial charge in [0.15, 0.2) is 0 Å².